The third-order valence-corrected chi connectivity index (χ3v) is 11.6. The number of quaternary nitrogens is 1. The lowest BCUT2D eigenvalue weighted by Gasteiger charge is -2.61. The molecule has 0 aromatic rings. The van der Waals surface area contributed by atoms with Crippen molar-refractivity contribution in [3.63, 3.8) is 0 Å². The number of carbonyl (C=O) groups is 1. The maximum atomic E-state index is 12.3. The molecule has 2 heteroatoms. The van der Waals surface area contributed by atoms with E-state index in [0.29, 0.717) is 22.5 Å². The Morgan fingerprint density at radius 3 is 2.25 bits per heavy atom. The van der Waals surface area contributed by atoms with Gasteiger partial charge in [-0.25, -0.2) is 0 Å². The Balaban J connectivity index is 1.36. The van der Waals surface area contributed by atoms with E-state index in [1.165, 1.54) is 88.2 Å². The SMILES string of the molecule is CC(=O)C1CCC2C3CCC4CC([N+]5(C)CCCC5)CCC4(C)C3CCC12C. The van der Waals surface area contributed by atoms with E-state index in [4.69, 9.17) is 0 Å². The summed E-state index contributed by atoms with van der Waals surface area (Å²) >= 11 is 0. The van der Waals surface area contributed by atoms with Crippen LogP contribution in [0.2, 0.25) is 0 Å². The van der Waals surface area contributed by atoms with Crippen molar-refractivity contribution in [2.45, 2.75) is 97.4 Å². The molecule has 1 saturated heterocycles. The van der Waals surface area contributed by atoms with E-state index in [-0.39, 0.29) is 0 Å². The van der Waals surface area contributed by atoms with Crippen LogP contribution in [-0.4, -0.2) is 36.4 Å². The maximum absolute atomic E-state index is 12.3. The van der Waals surface area contributed by atoms with E-state index in [9.17, 15) is 4.79 Å². The van der Waals surface area contributed by atoms with Gasteiger partial charge in [-0.2, -0.15) is 0 Å². The fourth-order valence-electron chi connectivity index (χ4n) is 9.89. The largest absolute Gasteiger partial charge is 0.324 e. The summed E-state index contributed by atoms with van der Waals surface area (Å²) < 4.78 is 1.39. The highest BCUT2D eigenvalue weighted by Gasteiger charge is 2.61. The van der Waals surface area contributed by atoms with Gasteiger partial charge in [-0.15, -0.1) is 0 Å². The van der Waals surface area contributed by atoms with Crippen molar-refractivity contribution in [3.8, 4) is 0 Å². The molecule has 1 aliphatic heterocycles. The number of hydrogen-bond donors (Lipinski definition) is 0. The fraction of sp³-hybridized carbons (Fsp3) is 0.962. The monoisotopic (exact) mass is 386 g/mol. The summed E-state index contributed by atoms with van der Waals surface area (Å²) in [5.74, 6) is 4.50. The van der Waals surface area contributed by atoms with E-state index in [0.717, 1.165) is 29.7 Å². The molecule has 5 aliphatic rings. The zero-order chi connectivity index (χ0) is 19.7. The van der Waals surface area contributed by atoms with Gasteiger partial charge in [-0.05, 0) is 92.8 Å². The van der Waals surface area contributed by atoms with Gasteiger partial charge in [-0.1, -0.05) is 13.8 Å². The predicted molar refractivity (Wildman–Crippen MR) is 115 cm³/mol. The Morgan fingerprint density at radius 2 is 1.54 bits per heavy atom. The molecule has 8 atom stereocenters. The fourth-order valence-corrected chi connectivity index (χ4v) is 9.89. The number of carbonyl (C=O) groups excluding carboxylic acids is 1. The average Bonchev–Trinajstić information content (AvgIpc) is 3.24. The molecule has 28 heavy (non-hydrogen) atoms. The molecule has 0 amide bonds. The molecule has 8 unspecified atom stereocenters. The second kappa shape index (κ2) is 6.56. The summed E-state index contributed by atoms with van der Waals surface area (Å²) in [7, 11) is 2.57. The zero-order valence-electron chi connectivity index (χ0n) is 19.0. The second-order valence-electron chi connectivity index (χ2n) is 12.5. The minimum atomic E-state index is 0.321. The minimum Gasteiger partial charge on any atom is -0.324 e. The number of Topliss-reactive ketones (excluding diaryl/α,β-unsaturated/α-hetero) is 1. The molecule has 2 nitrogen and oxygen atoms in total. The molecule has 5 fully saturated rings. The third kappa shape index (κ3) is 2.65. The lowest BCUT2D eigenvalue weighted by molar-refractivity contribution is -0.924. The van der Waals surface area contributed by atoms with Gasteiger partial charge in [0.1, 0.15) is 5.78 Å². The van der Waals surface area contributed by atoms with Gasteiger partial charge in [0.05, 0.1) is 26.2 Å². The summed E-state index contributed by atoms with van der Waals surface area (Å²) in [6, 6.07) is 0.944. The molecule has 0 radical (unpaired) electrons. The van der Waals surface area contributed by atoms with Crippen molar-refractivity contribution < 1.29 is 9.28 Å². The average molecular weight is 387 g/mol. The quantitative estimate of drug-likeness (QED) is 0.545. The first-order valence-electron chi connectivity index (χ1n) is 12.6. The van der Waals surface area contributed by atoms with E-state index in [1.54, 1.807) is 0 Å². The number of nitrogens with zero attached hydrogens (tertiary/aromatic N) is 1. The highest BCUT2D eigenvalue weighted by molar-refractivity contribution is 5.79. The topological polar surface area (TPSA) is 17.1 Å². The Bertz CT molecular complexity index is 636. The van der Waals surface area contributed by atoms with Gasteiger partial charge in [0.2, 0.25) is 0 Å². The van der Waals surface area contributed by atoms with Crippen molar-refractivity contribution in [2.75, 3.05) is 20.1 Å². The van der Waals surface area contributed by atoms with Gasteiger partial charge in [0.25, 0.3) is 0 Å². The van der Waals surface area contributed by atoms with Gasteiger partial charge in [-0.3, -0.25) is 4.79 Å². The lowest BCUT2D eigenvalue weighted by atomic mass is 9.44. The second-order valence-corrected chi connectivity index (χ2v) is 12.5. The third-order valence-electron chi connectivity index (χ3n) is 11.6. The zero-order valence-corrected chi connectivity index (χ0v) is 19.0. The van der Waals surface area contributed by atoms with Crippen LogP contribution in [0.5, 0.6) is 0 Å². The van der Waals surface area contributed by atoms with Crippen LogP contribution in [0.1, 0.15) is 91.4 Å². The highest BCUT2D eigenvalue weighted by Crippen LogP contribution is 2.67. The molecule has 0 aromatic carbocycles. The van der Waals surface area contributed by atoms with Crippen LogP contribution in [0, 0.1) is 40.4 Å². The Labute approximate surface area is 173 Å². The maximum Gasteiger partial charge on any atom is 0.133 e. The van der Waals surface area contributed by atoms with Gasteiger partial charge in [0.15, 0.2) is 0 Å². The molecule has 0 spiro atoms. The Kier molecular flexibility index (Phi) is 4.59. The Morgan fingerprint density at radius 1 is 0.857 bits per heavy atom. The van der Waals surface area contributed by atoms with E-state index >= 15 is 0 Å². The van der Waals surface area contributed by atoms with Gasteiger partial charge in [0, 0.05) is 25.2 Å². The molecule has 0 aromatic heterocycles. The van der Waals surface area contributed by atoms with Crippen LogP contribution in [-0.2, 0) is 4.79 Å². The van der Waals surface area contributed by atoms with Gasteiger partial charge < -0.3 is 4.48 Å². The van der Waals surface area contributed by atoms with E-state index < -0.39 is 0 Å². The first-order chi connectivity index (χ1) is 13.3. The molecule has 4 aliphatic carbocycles. The van der Waals surface area contributed by atoms with Crippen LogP contribution in [0.4, 0.5) is 0 Å². The summed E-state index contributed by atoms with van der Waals surface area (Å²) in [4.78, 5) is 12.3. The van der Waals surface area contributed by atoms with Gasteiger partial charge >= 0.3 is 0 Å². The number of likely N-dealkylation sites (tertiary alicyclic amines) is 1. The summed E-state index contributed by atoms with van der Waals surface area (Å²) in [6.07, 6.45) is 15.6. The van der Waals surface area contributed by atoms with Crippen molar-refractivity contribution in [1.82, 2.24) is 0 Å². The normalized spacial score (nSPS) is 52.6. The predicted octanol–water partition coefficient (Wildman–Crippen LogP) is 5.84. The van der Waals surface area contributed by atoms with Crippen molar-refractivity contribution in [3.05, 3.63) is 0 Å². The lowest BCUT2D eigenvalue weighted by Crippen LogP contribution is -2.58. The van der Waals surface area contributed by atoms with Crippen LogP contribution in [0.3, 0.4) is 0 Å². The van der Waals surface area contributed by atoms with Crippen LogP contribution in [0.15, 0.2) is 0 Å². The molecule has 158 valence electrons. The van der Waals surface area contributed by atoms with Crippen LogP contribution >= 0.6 is 0 Å². The van der Waals surface area contributed by atoms with Crippen molar-refractivity contribution in [2.24, 2.45) is 40.4 Å². The first kappa shape index (κ1) is 19.6. The van der Waals surface area contributed by atoms with E-state index in [1.807, 2.05) is 6.92 Å². The standard InChI is InChI=1S/C26H44NO/c1-18(28)22-9-10-23-21-8-7-19-17-20(27(4)15-5-6-16-27)11-13-25(19,2)24(21)12-14-26(22,23)3/h19-24H,5-17H2,1-4H3/q+1. The summed E-state index contributed by atoms with van der Waals surface area (Å²) in [5.41, 5.74) is 0.912. The summed E-state index contributed by atoms with van der Waals surface area (Å²) in [5, 5.41) is 0. The first-order valence-corrected chi connectivity index (χ1v) is 12.6. The summed E-state index contributed by atoms with van der Waals surface area (Å²) in [6.45, 7) is 9.94. The molecule has 0 N–H and O–H groups in total. The number of hydrogen-bond acceptors (Lipinski definition) is 1. The van der Waals surface area contributed by atoms with E-state index in [2.05, 4.69) is 20.9 Å². The molecule has 5 rings (SSSR count). The van der Waals surface area contributed by atoms with Crippen molar-refractivity contribution >= 4 is 5.78 Å². The number of ketones is 1. The number of fused-ring (bicyclic) bond motifs is 5. The smallest absolute Gasteiger partial charge is 0.133 e. The Hall–Kier alpha value is -0.370. The van der Waals surface area contributed by atoms with Crippen molar-refractivity contribution in [1.29, 1.82) is 0 Å². The molecular formula is C26H44NO+. The number of rotatable bonds is 2. The highest BCUT2D eigenvalue weighted by atomic mass is 16.1. The molecule has 1 heterocycles. The molecular weight excluding hydrogens is 342 g/mol. The molecule has 4 saturated carbocycles. The van der Waals surface area contributed by atoms with Crippen LogP contribution in [0.25, 0.3) is 0 Å². The van der Waals surface area contributed by atoms with Crippen LogP contribution < -0.4 is 0 Å². The molecule has 0 bridgehead atoms. The minimum absolute atomic E-state index is 0.321.